The third kappa shape index (κ3) is 4.60. The first-order valence-corrected chi connectivity index (χ1v) is 7.19. The fourth-order valence-electron chi connectivity index (χ4n) is 2.05. The molecule has 0 aliphatic heterocycles. The highest BCUT2D eigenvalue weighted by Gasteiger charge is 2.11. The average Bonchev–Trinajstić information content (AvgIpc) is 3.01. The van der Waals surface area contributed by atoms with E-state index in [1.807, 2.05) is 25.2 Å². The summed E-state index contributed by atoms with van der Waals surface area (Å²) in [6, 6.07) is 11.7. The minimum atomic E-state index is -0.228. The average molecular weight is 303 g/mol. The molecule has 0 saturated heterocycles. The highest BCUT2D eigenvalue weighted by Crippen LogP contribution is 2.10. The van der Waals surface area contributed by atoms with Crippen LogP contribution in [-0.2, 0) is 11.3 Å². The molecule has 0 saturated carbocycles. The highest BCUT2D eigenvalue weighted by atomic mass is 16.5. The van der Waals surface area contributed by atoms with Crippen molar-refractivity contribution >= 4 is 11.6 Å². The van der Waals surface area contributed by atoms with Crippen molar-refractivity contribution in [1.82, 2.24) is 10.5 Å². The van der Waals surface area contributed by atoms with Crippen LogP contribution in [0.4, 0.5) is 5.69 Å². The van der Waals surface area contributed by atoms with E-state index in [2.05, 4.69) is 27.5 Å². The van der Waals surface area contributed by atoms with Gasteiger partial charge in [0, 0.05) is 39.0 Å². The first-order chi connectivity index (χ1) is 10.7. The van der Waals surface area contributed by atoms with Crippen molar-refractivity contribution < 1.29 is 14.1 Å². The quantitative estimate of drug-likeness (QED) is 0.756. The van der Waals surface area contributed by atoms with Gasteiger partial charge in [0.15, 0.2) is 11.5 Å². The highest BCUT2D eigenvalue weighted by molar-refractivity contribution is 5.92. The molecule has 0 fully saturated rings. The predicted molar refractivity (Wildman–Crippen MR) is 83.9 cm³/mol. The van der Waals surface area contributed by atoms with Crippen molar-refractivity contribution in [3.63, 3.8) is 0 Å². The summed E-state index contributed by atoms with van der Waals surface area (Å²) in [6.07, 6.45) is 0.847. The molecule has 1 N–H and O–H groups in total. The molecule has 0 aliphatic rings. The van der Waals surface area contributed by atoms with Gasteiger partial charge in [0.2, 0.25) is 0 Å². The van der Waals surface area contributed by atoms with Crippen molar-refractivity contribution in [3.05, 3.63) is 47.9 Å². The Kier molecular flexibility index (Phi) is 5.97. The number of carbonyl (C=O) groups is 1. The van der Waals surface area contributed by atoms with Crippen LogP contribution in [0.15, 0.2) is 40.9 Å². The minimum absolute atomic E-state index is 0.228. The first-order valence-electron chi connectivity index (χ1n) is 7.19. The smallest absolute Gasteiger partial charge is 0.273 e. The van der Waals surface area contributed by atoms with Crippen molar-refractivity contribution in [2.45, 2.75) is 13.0 Å². The molecule has 2 rings (SSSR count). The fraction of sp³-hybridized carbons (Fsp3) is 0.375. The van der Waals surface area contributed by atoms with Gasteiger partial charge in [0.25, 0.3) is 5.91 Å². The lowest BCUT2D eigenvalue weighted by atomic mass is 10.3. The molecule has 2 aromatic rings. The van der Waals surface area contributed by atoms with E-state index in [0.717, 1.165) is 18.7 Å². The molecular formula is C16H21N3O3. The van der Waals surface area contributed by atoms with Crippen molar-refractivity contribution in [3.8, 4) is 0 Å². The Labute approximate surface area is 130 Å². The standard InChI is InChI=1S/C16H21N3O3/c1-19(13-7-4-3-5-8-13)10-6-9-17-16(20)15-11-14(12-21-2)22-18-15/h3-5,7-8,11H,6,9-10,12H2,1-2H3,(H,17,20). The van der Waals surface area contributed by atoms with Crippen LogP contribution < -0.4 is 10.2 Å². The number of nitrogens with zero attached hydrogens (tertiary/aromatic N) is 2. The Morgan fingerprint density at radius 1 is 1.36 bits per heavy atom. The van der Waals surface area contributed by atoms with E-state index in [1.165, 1.54) is 0 Å². The number of carbonyl (C=O) groups excluding carboxylic acids is 1. The number of rotatable bonds is 8. The van der Waals surface area contributed by atoms with E-state index in [-0.39, 0.29) is 11.6 Å². The van der Waals surface area contributed by atoms with E-state index in [4.69, 9.17) is 9.26 Å². The molecule has 0 atom stereocenters. The molecule has 0 unspecified atom stereocenters. The van der Waals surface area contributed by atoms with Crippen LogP contribution in [0.2, 0.25) is 0 Å². The maximum absolute atomic E-state index is 11.9. The molecule has 1 amide bonds. The first kappa shape index (κ1) is 16.0. The number of para-hydroxylation sites is 1. The van der Waals surface area contributed by atoms with Gasteiger partial charge in [-0.05, 0) is 18.6 Å². The summed E-state index contributed by atoms with van der Waals surface area (Å²) < 4.78 is 9.90. The topological polar surface area (TPSA) is 67.6 Å². The molecule has 118 valence electrons. The monoisotopic (exact) mass is 303 g/mol. The third-order valence-corrected chi connectivity index (χ3v) is 3.23. The maximum atomic E-state index is 11.9. The van der Waals surface area contributed by atoms with Crippen LogP contribution in [0.25, 0.3) is 0 Å². The lowest BCUT2D eigenvalue weighted by molar-refractivity contribution is 0.0943. The van der Waals surface area contributed by atoms with E-state index in [9.17, 15) is 4.79 Å². The van der Waals surface area contributed by atoms with Crippen LogP contribution in [0.5, 0.6) is 0 Å². The summed E-state index contributed by atoms with van der Waals surface area (Å²) >= 11 is 0. The fourth-order valence-corrected chi connectivity index (χ4v) is 2.05. The summed E-state index contributed by atoms with van der Waals surface area (Å²) in [4.78, 5) is 14.0. The molecule has 0 spiro atoms. The molecule has 6 nitrogen and oxygen atoms in total. The van der Waals surface area contributed by atoms with Gasteiger partial charge in [-0.25, -0.2) is 0 Å². The summed E-state index contributed by atoms with van der Waals surface area (Å²) in [7, 11) is 3.59. The zero-order chi connectivity index (χ0) is 15.8. The van der Waals surface area contributed by atoms with Crippen LogP contribution >= 0.6 is 0 Å². The number of hydrogen-bond donors (Lipinski definition) is 1. The lowest BCUT2D eigenvalue weighted by Crippen LogP contribution is -2.28. The van der Waals surface area contributed by atoms with E-state index >= 15 is 0 Å². The maximum Gasteiger partial charge on any atom is 0.273 e. The Balaban J connectivity index is 1.70. The number of nitrogens with one attached hydrogen (secondary N) is 1. The molecule has 1 aromatic carbocycles. The number of benzene rings is 1. The van der Waals surface area contributed by atoms with Gasteiger partial charge >= 0.3 is 0 Å². The number of anilines is 1. The zero-order valence-electron chi connectivity index (χ0n) is 12.9. The summed E-state index contributed by atoms with van der Waals surface area (Å²) in [5.74, 6) is 0.310. The molecular weight excluding hydrogens is 282 g/mol. The Morgan fingerprint density at radius 2 is 2.14 bits per heavy atom. The van der Waals surface area contributed by atoms with Gasteiger partial charge in [0.1, 0.15) is 6.61 Å². The normalized spacial score (nSPS) is 10.5. The van der Waals surface area contributed by atoms with Gasteiger partial charge in [-0.1, -0.05) is 23.4 Å². The molecule has 0 aliphatic carbocycles. The lowest BCUT2D eigenvalue weighted by Gasteiger charge is -2.19. The second kappa shape index (κ2) is 8.19. The van der Waals surface area contributed by atoms with Crippen LogP contribution in [0.1, 0.15) is 22.7 Å². The minimum Gasteiger partial charge on any atom is -0.377 e. The predicted octanol–water partition coefficient (Wildman–Crippen LogP) is 2.08. The van der Waals surface area contributed by atoms with Crippen molar-refractivity contribution in [1.29, 1.82) is 0 Å². The van der Waals surface area contributed by atoms with Gasteiger partial charge in [-0.2, -0.15) is 0 Å². The van der Waals surface area contributed by atoms with Gasteiger partial charge in [0.05, 0.1) is 0 Å². The van der Waals surface area contributed by atoms with Gasteiger partial charge < -0.3 is 19.5 Å². The Hall–Kier alpha value is -2.34. The van der Waals surface area contributed by atoms with Crippen molar-refractivity contribution in [2.24, 2.45) is 0 Å². The molecule has 22 heavy (non-hydrogen) atoms. The molecule has 0 bridgehead atoms. The molecule has 6 heteroatoms. The number of aromatic nitrogens is 1. The van der Waals surface area contributed by atoms with E-state index in [0.29, 0.717) is 18.9 Å². The molecule has 1 heterocycles. The molecule has 0 radical (unpaired) electrons. The van der Waals surface area contributed by atoms with E-state index in [1.54, 1.807) is 13.2 Å². The largest absolute Gasteiger partial charge is 0.377 e. The van der Waals surface area contributed by atoms with Crippen molar-refractivity contribution in [2.75, 3.05) is 32.1 Å². The Bertz CT molecular complexity index is 583. The SMILES string of the molecule is COCc1cc(C(=O)NCCCN(C)c2ccccc2)no1. The second-order valence-corrected chi connectivity index (χ2v) is 4.98. The summed E-state index contributed by atoms with van der Waals surface area (Å²) in [6.45, 7) is 1.75. The van der Waals surface area contributed by atoms with Gasteiger partial charge in [-0.3, -0.25) is 4.79 Å². The second-order valence-electron chi connectivity index (χ2n) is 4.98. The molecule has 1 aromatic heterocycles. The van der Waals surface area contributed by atoms with Crippen LogP contribution in [-0.4, -0.2) is 38.3 Å². The number of amides is 1. The van der Waals surface area contributed by atoms with Crippen LogP contribution in [0.3, 0.4) is 0 Å². The zero-order valence-corrected chi connectivity index (χ0v) is 12.9. The van der Waals surface area contributed by atoms with E-state index < -0.39 is 0 Å². The number of hydrogen-bond acceptors (Lipinski definition) is 5. The summed E-state index contributed by atoms with van der Waals surface area (Å²) in [5, 5.41) is 6.55. The number of ether oxygens (including phenoxy) is 1. The van der Waals surface area contributed by atoms with Gasteiger partial charge in [-0.15, -0.1) is 0 Å². The Morgan fingerprint density at radius 3 is 2.86 bits per heavy atom. The van der Waals surface area contributed by atoms with Crippen LogP contribution in [0, 0.1) is 0 Å². The third-order valence-electron chi connectivity index (χ3n) is 3.23. The summed E-state index contributed by atoms with van der Waals surface area (Å²) in [5.41, 5.74) is 1.44. The number of methoxy groups -OCH3 is 1.